The third kappa shape index (κ3) is 3.65. The molecule has 0 fully saturated rings. The van der Waals surface area contributed by atoms with Crippen LogP contribution >= 0.6 is 0 Å². The predicted molar refractivity (Wildman–Crippen MR) is 55.3 cm³/mol. The fourth-order valence-electron chi connectivity index (χ4n) is 1.34. The molecule has 0 heterocycles. The van der Waals surface area contributed by atoms with E-state index in [1.807, 2.05) is 0 Å². The first-order valence-electron chi connectivity index (χ1n) is 4.80. The number of nitrogens with zero attached hydrogens (tertiary/aromatic N) is 1. The standard InChI is InChI=1S/C11H12F3NO2/c1-15(10(16)17-2)7-8-4-3-5-9(6-8)11(12,13)14/h3-6H,7H2,1-2H3. The summed E-state index contributed by atoms with van der Waals surface area (Å²) in [5, 5.41) is 0. The lowest BCUT2D eigenvalue weighted by molar-refractivity contribution is -0.137. The average Bonchev–Trinajstić information content (AvgIpc) is 2.27. The quantitative estimate of drug-likeness (QED) is 0.804. The van der Waals surface area contributed by atoms with Crippen molar-refractivity contribution in [2.45, 2.75) is 12.7 Å². The third-order valence-electron chi connectivity index (χ3n) is 2.16. The van der Waals surface area contributed by atoms with E-state index in [1.54, 1.807) is 0 Å². The van der Waals surface area contributed by atoms with Crippen molar-refractivity contribution in [2.24, 2.45) is 0 Å². The lowest BCUT2D eigenvalue weighted by Gasteiger charge is -2.16. The summed E-state index contributed by atoms with van der Waals surface area (Å²) in [6.45, 7) is 0.0661. The number of ether oxygens (including phenoxy) is 1. The van der Waals surface area contributed by atoms with Gasteiger partial charge >= 0.3 is 12.3 Å². The third-order valence-corrected chi connectivity index (χ3v) is 2.16. The number of benzene rings is 1. The van der Waals surface area contributed by atoms with Gasteiger partial charge in [-0.15, -0.1) is 0 Å². The first-order chi connectivity index (χ1) is 7.84. The van der Waals surface area contributed by atoms with Gasteiger partial charge in [-0.2, -0.15) is 13.2 Å². The van der Waals surface area contributed by atoms with Crippen LogP contribution in [0.4, 0.5) is 18.0 Å². The van der Waals surface area contributed by atoms with Crippen molar-refractivity contribution < 1.29 is 22.7 Å². The molecule has 1 amide bonds. The van der Waals surface area contributed by atoms with Gasteiger partial charge in [0, 0.05) is 13.6 Å². The number of hydrogen-bond acceptors (Lipinski definition) is 2. The molecule has 6 heteroatoms. The van der Waals surface area contributed by atoms with Crippen LogP contribution in [0.5, 0.6) is 0 Å². The number of halogens is 3. The predicted octanol–water partition coefficient (Wildman–Crippen LogP) is 2.90. The lowest BCUT2D eigenvalue weighted by atomic mass is 10.1. The van der Waals surface area contributed by atoms with Crippen LogP contribution in [-0.2, 0) is 17.5 Å². The van der Waals surface area contributed by atoms with Crippen molar-refractivity contribution in [3.63, 3.8) is 0 Å². The Bertz CT molecular complexity index is 404. The van der Waals surface area contributed by atoms with E-state index in [4.69, 9.17) is 0 Å². The SMILES string of the molecule is COC(=O)N(C)Cc1cccc(C(F)(F)F)c1. The molecule has 94 valence electrons. The normalized spacial score (nSPS) is 11.1. The number of rotatable bonds is 2. The average molecular weight is 247 g/mol. The van der Waals surface area contributed by atoms with E-state index in [0.29, 0.717) is 5.56 Å². The number of carbonyl (C=O) groups is 1. The first-order valence-corrected chi connectivity index (χ1v) is 4.80. The fraction of sp³-hybridized carbons (Fsp3) is 0.364. The Morgan fingerprint density at radius 1 is 1.41 bits per heavy atom. The molecular weight excluding hydrogens is 235 g/mol. The van der Waals surface area contributed by atoms with Crippen molar-refractivity contribution >= 4 is 6.09 Å². The zero-order chi connectivity index (χ0) is 13.1. The number of amides is 1. The highest BCUT2D eigenvalue weighted by atomic mass is 19.4. The lowest BCUT2D eigenvalue weighted by Crippen LogP contribution is -2.25. The minimum atomic E-state index is -4.38. The van der Waals surface area contributed by atoms with E-state index in [0.717, 1.165) is 12.1 Å². The van der Waals surface area contributed by atoms with Gasteiger partial charge in [-0.3, -0.25) is 0 Å². The van der Waals surface area contributed by atoms with Gasteiger partial charge in [-0.1, -0.05) is 12.1 Å². The van der Waals surface area contributed by atoms with E-state index in [-0.39, 0.29) is 6.54 Å². The minimum absolute atomic E-state index is 0.0661. The van der Waals surface area contributed by atoms with Crippen molar-refractivity contribution in [1.82, 2.24) is 4.90 Å². The molecule has 0 saturated carbocycles. The summed E-state index contributed by atoms with van der Waals surface area (Å²) in [4.78, 5) is 12.3. The molecule has 0 unspecified atom stereocenters. The highest BCUT2D eigenvalue weighted by Crippen LogP contribution is 2.29. The molecule has 3 nitrogen and oxygen atoms in total. The molecule has 0 N–H and O–H groups in total. The maximum atomic E-state index is 12.4. The van der Waals surface area contributed by atoms with Gasteiger partial charge in [-0.05, 0) is 17.7 Å². The van der Waals surface area contributed by atoms with Crippen molar-refractivity contribution in [3.8, 4) is 0 Å². The minimum Gasteiger partial charge on any atom is -0.453 e. The number of methoxy groups -OCH3 is 1. The Labute approximate surface area is 96.8 Å². The molecule has 1 aromatic carbocycles. The number of carbonyl (C=O) groups excluding carboxylic acids is 1. The largest absolute Gasteiger partial charge is 0.453 e. The van der Waals surface area contributed by atoms with Gasteiger partial charge in [0.1, 0.15) is 0 Å². The molecule has 0 aromatic heterocycles. The molecule has 0 radical (unpaired) electrons. The first kappa shape index (κ1) is 13.3. The van der Waals surface area contributed by atoms with Gasteiger partial charge in [0.25, 0.3) is 0 Å². The van der Waals surface area contributed by atoms with Crippen LogP contribution in [0.3, 0.4) is 0 Å². The summed E-state index contributed by atoms with van der Waals surface area (Å²) >= 11 is 0. The maximum absolute atomic E-state index is 12.4. The Morgan fingerprint density at radius 3 is 2.59 bits per heavy atom. The van der Waals surface area contributed by atoms with Gasteiger partial charge in [0.2, 0.25) is 0 Å². The monoisotopic (exact) mass is 247 g/mol. The molecular formula is C11H12F3NO2. The second-order valence-corrected chi connectivity index (χ2v) is 3.52. The Kier molecular flexibility index (Phi) is 3.98. The van der Waals surface area contributed by atoms with Crippen molar-refractivity contribution in [1.29, 1.82) is 0 Å². The van der Waals surface area contributed by atoms with Gasteiger partial charge in [0.05, 0.1) is 12.7 Å². The summed E-state index contributed by atoms with van der Waals surface area (Å²) in [5.41, 5.74) is -0.332. The van der Waals surface area contributed by atoms with Crippen molar-refractivity contribution in [2.75, 3.05) is 14.2 Å². The zero-order valence-corrected chi connectivity index (χ0v) is 9.41. The summed E-state index contributed by atoms with van der Waals surface area (Å²) in [6, 6.07) is 4.83. The van der Waals surface area contributed by atoms with E-state index in [1.165, 1.54) is 31.2 Å². The summed E-state index contributed by atoms with van der Waals surface area (Å²) < 4.78 is 41.7. The smallest absolute Gasteiger partial charge is 0.416 e. The van der Waals surface area contributed by atoms with Crippen LogP contribution in [0.15, 0.2) is 24.3 Å². The molecule has 0 aliphatic carbocycles. The van der Waals surface area contributed by atoms with Crippen LogP contribution in [0, 0.1) is 0 Å². The highest BCUT2D eigenvalue weighted by Gasteiger charge is 2.30. The van der Waals surface area contributed by atoms with Crippen LogP contribution in [0.25, 0.3) is 0 Å². The van der Waals surface area contributed by atoms with Gasteiger partial charge < -0.3 is 9.64 Å². The Hall–Kier alpha value is -1.72. The second-order valence-electron chi connectivity index (χ2n) is 3.52. The van der Waals surface area contributed by atoms with Gasteiger partial charge in [-0.25, -0.2) is 4.79 Å². The van der Waals surface area contributed by atoms with Crippen LogP contribution in [0.1, 0.15) is 11.1 Å². The zero-order valence-electron chi connectivity index (χ0n) is 9.41. The van der Waals surface area contributed by atoms with Crippen molar-refractivity contribution in [3.05, 3.63) is 35.4 Å². The van der Waals surface area contributed by atoms with Crippen LogP contribution < -0.4 is 0 Å². The fourth-order valence-corrected chi connectivity index (χ4v) is 1.34. The summed E-state index contributed by atoms with van der Waals surface area (Å²) in [5.74, 6) is 0. The second kappa shape index (κ2) is 5.07. The number of alkyl halides is 3. The van der Waals surface area contributed by atoms with E-state index in [2.05, 4.69) is 4.74 Å². The highest BCUT2D eigenvalue weighted by molar-refractivity contribution is 5.66. The van der Waals surface area contributed by atoms with E-state index >= 15 is 0 Å². The van der Waals surface area contributed by atoms with E-state index < -0.39 is 17.8 Å². The molecule has 0 atom stereocenters. The molecule has 0 spiro atoms. The maximum Gasteiger partial charge on any atom is 0.416 e. The van der Waals surface area contributed by atoms with Gasteiger partial charge in [0.15, 0.2) is 0 Å². The summed E-state index contributed by atoms with van der Waals surface area (Å²) in [6.07, 6.45) is -4.97. The van der Waals surface area contributed by atoms with Crippen LogP contribution in [0.2, 0.25) is 0 Å². The Balaban J connectivity index is 2.83. The molecule has 17 heavy (non-hydrogen) atoms. The molecule has 0 bridgehead atoms. The molecule has 1 aromatic rings. The Morgan fingerprint density at radius 2 is 2.06 bits per heavy atom. The summed E-state index contributed by atoms with van der Waals surface area (Å²) in [7, 11) is 2.66. The number of hydrogen-bond donors (Lipinski definition) is 0. The molecule has 0 aliphatic heterocycles. The topological polar surface area (TPSA) is 29.5 Å². The molecule has 1 rings (SSSR count). The van der Waals surface area contributed by atoms with E-state index in [9.17, 15) is 18.0 Å². The van der Waals surface area contributed by atoms with Crippen LogP contribution in [-0.4, -0.2) is 25.2 Å². The molecule has 0 aliphatic rings. The molecule has 0 saturated heterocycles.